The molecule has 0 saturated heterocycles. The molecule has 0 heterocycles. The molecule has 0 aliphatic carbocycles. The maximum atomic E-state index is 8.74. The molecule has 0 saturated carbocycles. The average Bonchev–Trinajstić information content (AvgIpc) is 2.10. The fourth-order valence-corrected chi connectivity index (χ4v) is 0.536. The van der Waals surface area contributed by atoms with Gasteiger partial charge in [-0.25, -0.2) is 0 Å². The second-order valence-corrected chi connectivity index (χ2v) is 1.66. The summed E-state index contributed by atoms with van der Waals surface area (Å²) in [5.41, 5.74) is 0.563. The third kappa shape index (κ3) is 3.27. The van der Waals surface area contributed by atoms with Crippen molar-refractivity contribution in [2.24, 2.45) is 0 Å². The van der Waals surface area contributed by atoms with E-state index in [1.807, 2.05) is 19.9 Å². The quantitative estimate of drug-likeness (QED) is 0.615. The molecule has 1 rings (SSSR count). The van der Waals surface area contributed by atoms with Gasteiger partial charge in [0.15, 0.2) is 0 Å². The third-order valence-corrected chi connectivity index (χ3v) is 0.996. The molecule has 1 aromatic carbocycles. The van der Waals surface area contributed by atoms with Crippen LogP contribution >= 0.6 is 0 Å². The summed E-state index contributed by atoms with van der Waals surface area (Å²) >= 11 is 0. The van der Waals surface area contributed by atoms with Gasteiger partial charge in [-0.2, -0.15) is 5.26 Å². The normalized spacial score (nSPS) is 7.36. The van der Waals surface area contributed by atoms with Gasteiger partial charge in [0.1, 0.15) is 5.75 Å². The van der Waals surface area contributed by atoms with Gasteiger partial charge in [-0.15, -0.1) is 0 Å². The van der Waals surface area contributed by atoms with E-state index in [2.05, 4.69) is 0 Å². The zero-order chi connectivity index (χ0) is 8.69. The number of hydrogen-bond donors (Lipinski definition) is 1. The van der Waals surface area contributed by atoms with E-state index in [0.29, 0.717) is 5.56 Å². The van der Waals surface area contributed by atoms with Crippen LogP contribution in [0.5, 0.6) is 5.75 Å². The van der Waals surface area contributed by atoms with Crippen molar-refractivity contribution in [1.82, 2.24) is 0 Å². The molecule has 1 aromatic rings. The van der Waals surface area contributed by atoms with E-state index in [4.69, 9.17) is 10.4 Å². The summed E-state index contributed by atoms with van der Waals surface area (Å²) in [6, 6.07) is 8.04. The Labute approximate surface area is 66.7 Å². The highest BCUT2D eigenvalue weighted by atomic mass is 16.3. The van der Waals surface area contributed by atoms with Gasteiger partial charge in [-0.3, -0.25) is 0 Å². The number of rotatable bonds is 0. The maximum Gasteiger partial charge on any atom is 0.115 e. The molecule has 0 radical (unpaired) electrons. The summed E-state index contributed by atoms with van der Waals surface area (Å²) in [5, 5.41) is 17.0. The predicted octanol–water partition coefficient (Wildman–Crippen LogP) is 2.29. The Balaban J connectivity index is 0.000000461. The molecule has 0 fully saturated rings. The van der Waals surface area contributed by atoms with Crippen LogP contribution in [0.2, 0.25) is 0 Å². The predicted molar refractivity (Wildman–Crippen MR) is 44.2 cm³/mol. The number of hydrogen-bond acceptors (Lipinski definition) is 2. The number of nitriles is 1. The number of phenolic OH excluding ortho intramolecular Hbond substituents is 1. The van der Waals surface area contributed by atoms with Crippen molar-refractivity contribution in [2.45, 2.75) is 13.8 Å². The summed E-state index contributed by atoms with van der Waals surface area (Å²) < 4.78 is 0. The highest BCUT2D eigenvalue weighted by Crippen LogP contribution is 2.07. The molecule has 1 N–H and O–H groups in total. The Morgan fingerprint density at radius 1 is 1.18 bits per heavy atom. The van der Waals surface area contributed by atoms with Crippen LogP contribution in [-0.4, -0.2) is 5.11 Å². The van der Waals surface area contributed by atoms with E-state index in [1.54, 1.807) is 12.1 Å². The van der Waals surface area contributed by atoms with Gasteiger partial charge in [-0.05, 0) is 24.3 Å². The standard InChI is InChI=1S/C7H5NO.C2H6/c8-5-6-1-3-7(9)4-2-6;1-2/h1-4,9H;1-2H3. The number of aromatic hydroxyl groups is 1. The molecule has 0 amide bonds. The molecule has 0 atom stereocenters. The van der Waals surface area contributed by atoms with Crippen LogP contribution < -0.4 is 0 Å². The van der Waals surface area contributed by atoms with Gasteiger partial charge < -0.3 is 5.11 Å². The summed E-state index contributed by atoms with van der Waals surface area (Å²) in [4.78, 5) is 0. The van der Waals surface area contributed by atoms with Crippen LogP contribution in [0, 0.1) is 11.3 Å². The lowest BCUT2D eigenvalue weighted by Gasteiger charge is -1.87. The molecule has 0 spiro atoms. The molecule has 0 aliphatic heterocycles. The van der Waals surface area contributed by atoms with Gasteiger partial charge in [0.25, 0.3) is 0 Å². The van der Waals surface area contributed by atoms with Crippen LogP contribution in [0.4, 0.5) is 0 Å². The fourth-order valence-electron chi connectivity index (χ4n) is 0.536. The maximum absolute atomic E-state index is 8.74. The van der Waals surface area contributed by atoms with Crippen LogP contribution in [0.15, 0.2) is 24.3 Å². The molecule has 0 aromatic heterocycles. The van der Waals surface area contributed by atoms with E-state index in [9.17, 15) is 0 Å². The lowest BCUT2D eigenvalue weighted by Crippen LogP contribution is -1.69. The Morgan fingerprint density at radius 3 is 2.00 bits per heavy atom. The third-order valence-electron chi connectivity index (χ3n) is 0.996. The average molecular weight is 149 g/mol. The van der Waals surface area contributed by atoms with Gasteiger partial charge >= 0.3 is 0 Å². The summed E-state index contributed by atoms with van der Waals surface area (Å²) in [6.45, 7) is 4.00. The van der Waals surface area contributed by atoms with E-state index in [-0.39, 0.29) is 5.75 Å². The van der Waals surface area contributed by atoms with Crippen molar-refractivity contribution in [1.29, 1.82) is 5.26 Å². The van der Waals surface area contributed by atoms with Crippen molar-refractivity contribution in [2.75, 3.05) is 0 Å². The van der Waals surface area contributed by atoms with Gasteiger partial charge in [0.05, 0.1) is 11.6 Å². The zero-order valence-corrected chi connectivity index (χ0v) is 6.70. The molecule has 2 nitrogen and oxygen atoms in total. The molecule has 58 valence electrons. The van der Waals surface area contributed by atoms with E-state index in [1.165, 1.54) is 12.1 Å². The summed E-state index contributed by atoms with van der Waals surface area (Å²) in [7, 11) is 0. The largest absolute Gasteiger partial charge is 0.508 e. The molecule has 0 bridgehead atoms. The number of benzene rings is 1. The van der Waals surface area contributed by atoms with Crippen LogP contribution in [0.25, 0.3) is 0 Å². The first-order valence-electron chi connectivity index (χ1n) is 3.52. The van der Waals surface area contributed by atoms with Crippen molar-refractivity contribution in [3.63, 3.8) is 0 Å². The van der Waals surface area contributed by atoms with Crippen LogP contribution in [0.3, 0.4) is 0 Å². The smallest absolute Gasteiger partial charge is 0.115 e. The first-order chi connectivity index (χ1) is 5.33. The second kappa shape index (κ2) is 5.31. The first-order valence-corrected chi connectivity index (χ1v) is 3.52. The molecule has 0 aliphatic rings. The van der Waals surface area contributed by atoms with Crippen LogP contribution in [-0.2, 0) is 0 Å². The Kier molecular flexibility index (Phi) is 4.59. The molecular weight excluding hydrogens is 138 g/mol. The van der Waals surface area contributed by atoms with E-state index >= 15 is 0 Å². The molecule has 11 heavy (non-hydrogen) atoms. The highest BCUT2D eigenvalue weighted by Gasteiger charge is 1.86. The first kappa shape index (κ1) is 9.51. The molecule has 0 unspecified atom stereocenters. The lowest BCUT2D eigenvalue weighted by molar-refractivity contribution is 0.475. The van der Waals surface area contributed by atoms with Crippen LogP contribution in [0.1, 0.15) is 19.4 Å². The fraction of sp³-hybridized carbons (Fsp3) is 0.222. The Morgan fingerprint density at radius 2 is 1.64 bits per heavy atom. The number of phenols is 1. The lowest BCUT2D eigenvalue weighted by atomic mass is 10.2. The van der Waals surface area contributed by atoms with E-state index in [0.717, 1.165) is 0 Å². The SMILES string of the molecule is CC.N#Cc1ccc(O)cc1. The molecule has 2 heteroatoms. The summed E-state index contributed by atoms with van der Waals surface area (Å²) in [5.74, 6) is 0.189. The minimum absolute atomic E-state index is 0.189. The Hall–Kier alpha value is -1.49. The second-order valence-electron chi connectivity index (χ2n) is 1.66. The number of nitrogens with zero attached hydrogens (tertiary/aromatic N) is 1. The minimum Gasteiger partial charge on any atom is -0.508 e. The van der Waals surface area contributed by atoms with Crippen molar-refractivity contribution in [3.05, 3.63) is 29.8 Å². The summed E-state index contributed by atoms with van der Waals surface area (Å²) in [6.07, 6.45) is 0. The highest BCUT2D eigenvalue weighted by molar-refractivity contribution is 5.33. The van der Waals surface area contributed by atoms with E-state index < -0.39 is 0 Å². The van der Waals surface area contributed by atoms with Crippen molar-refractivity contribution < 1.29 is 5.11 Å². The van der Waals surface area contributed by atoms with Crippen molar-refractivity contribution in [3.8, 4) is 11.8 Å². The van der Waals surface area contributed by atoms with Gasteiger partial charge in [-0.1, -0.05) is 13.8 Å². The van der Waals surface area contributed by atoms with Crippen molar-refractivity contribution >= 4 is 0 Å². The minimum atomic E-state index is 0.189. The van der Waals surface area contributed by atoms with Gasteiger partial charge in [0, 0.05) is 0 Å². The van der Waals surface area contributed by atoms with Gasteiger partial charge in [0.2, 0.25) is 0 Å². The topological polar surface area (TPSA) is 44.0 Å². The Bertz CT molecular complexity index is 233. The monoisotopic (exact) mass is 149 g/mol. The molecular formula is C9H11NO. The zero-order valence-electron chi connectivity index (χ0n) is 6.70.